The van der Waals surface area contributed by atoms with Crippen molar-refractivity contribution in [1.82, 2.24) is 5.32 Å². The lowest BCUT2D eigenvalue weighted by Gasteiger charge is -2.29. The maximum Gasteiger partial charge on any atom is 0.161 e. The molecule has 1 unspecified atom stereocenters. The molecule has 1 heterocycles. The van der Waals surface area contributed by atoms with Crippen LogP contribution < -0.4 is 14.8 Å². The summed E-state index contributed by atoms with van der Waals surface area (Å²) >= 11 is 0. The minimum absolute atomic E-state index is 0. The van der Waals surface area contributed by atoms with Crippen LogP contribution in [0.5, 0.6) is 11.5 Å². The van der Waals surface area contributed by atoms with Gasteiger partial charge in [0.1, 0.15) is 5.82 Å². The molecule has 0 saturated heterocycles. The number of rotatable bonds is 5. The zero-order chi connectivity index (χ0) is 16.2. The van der Waals surface area contributed by atoms with Gasteiger partial charge in [0, 0.05) is 12.1 Å². The molecule has 0 radical (unpaired) electrons. The van der Waals surface area contributed by atoms with Gasteiger partial charge in [0.25, 0.3) is 0 Å². The zero-order valence-corrected chi connectivity index (χ0v) is 14.8. The first kappa shape index (κ1) is 18.6. The zero-order valence-electron chi connectivity index (χ0n) is 14.0. The molecule has 1 aliphatic rings. The van der Waals surface area contributed by atoms with Crippen molar-refractivity contribution in [1.29, 1.82) is 0 Å². The predicted molar refractivity (Wildman–Crippen MR) is 96.0 cm³/mol. The molecule has 130 valence electrons. The van der Waals surface area contributed by atoms with E-state index >= 15 is 0 Å². The summed E-state index contributed by atoms with van der Waals surface area (Å²) in [6.07, 6.45) is 0.896. The van der Waals surface area contributed by atoms with Crippen LogP contribution in [-0.4, -0.2) is 19.8 Å². The topological polar surface area (TPSA) is 30.5 Å². The van der Waals surface area contributed by atoms with Gasteiger partial charge in [0.15, 0.2) is 11.5 Å². The Morgan fingerprint density at radius 2 is 1.71 bits per heavy atom. The van der Waals surface area contributed by atoms with Crippen LogP contribution in [-0.2, 0) is 6.42 Å². The Labute approximate surface area is 148 Å². The van der Waals surface area contributed by atoms with E-state index in [-0.39, 0.29) is 24.3 Å². The van der Waals surface area contributed by atoms with Crippen molar-refractivity contribution in [3.63, 3.8) is 0 Å². The Bertz CT molecular complexity index is 693. The maximum atomic E-state index is 14.2. The molecular weight excluding hydrogens is 329 g/mol. The second-order valence-corrected chi connectivity index (χ2v) is 5.52. The van der Waals surface area contributed by atoms with E-state index in [0.29, 0.717) is 18.8 Å². The van der Waals surface area contributed by atoms with Crippen LogP contribution >= 0.6 is 12.4 Å². The van der Waals surface area contributed by atoms with Gasteiger partial charge in [0.05, 0.1) is 19.3 Å². The molecule has 0 aromatic heterocycles. The summed E-state index contributed by atoms with van der Waals surface area (Å²) in [6, 6.07) is 10.8. The van der Waals surface area contributed by atoms with E-state index in [9.17, 15) is 4.39 Å². The third-order valence-corrected chi connectivity index (χ3v) is 4.08. The number of hydrogen-bond donors (Lipinski definition) is 1. The summed E-state index contributed by atoms with van der Waals surface area (Å²) in [5, 5.41) is 3.42. The molecule has 3 rings (SSSR count). The first-order valence-corrected chi connectivity index (χ1v) is 8.14. The predicted octanol–water partition coefficient (Wildman–Crippen LogP) is 4.28. The van der Waals surface area contributed by atoms with Crippen molar-refractivity contribution in [2.24, 2.45) is 0 Å². The summed E-state index contributed by atoms with van der Waals surface area (Å²) in [7, 11) is 0. The van der Waals surface area contributed by atoms with Gasteiger partial charge in [-0.2, -0.15) is 0 Å². The molecule has 0 amide bonds. The monoisotopic (exact) mass is 351 g/mol. The smallest absolute Gasteiger partial charge is 0.161 e. The lowest BCUT2D eigenvalue weighted by molar-refractivity contribution is 0.286. The summed E-state index contributed by atoms with van der Waals surface area (Å²) in [5.41, 5.74) is 2.91. The molecule has 1 N–H and O–H groups in total. The van der Waals surface area contributed by atoms with Crippen LogP contribution in [0.1, 0.15) is 36.6 Å². The fraction of sp³-hybridized carbons (Fsp3) is 0.368. The summed E-state index contributed by atoms with van der Waals surface area (Å²) in [4.78, 5) is 0. The summed E-state index contributed by atoms with van der Waals surface area (Å²) in [6.45, 7) is 5.87. The largest absolute Gasteiger partial charge is 0.490 e. The fourth-order valence-corrected chi connectivity index (χ4v) is 3.09. The average molecular weight is 352 g/mol. The SMILES string of the molecule is CCOc1cc2c(cc1OCC)C(c1ccccc1F)NCC2.Cl. The second kappa shape index (κ2) is 8.36. The van der Waals surface area contributed by atoms with Crippen molar-refractivity contribution in [3.8, 4) is 11.5 Å². The Morgan fingerprint density at radius 3 is 2.38 bits per heavy atom. The highest BCUT2D eigenvalue weighted by Crippen LogP contribution is 2.38. The van der Waals surface area contributed by atoms with E-state index in [1.54, 1.807) is 6.07 Å². The Kier molecular flexibility index (Phi) is 6.46. The molecule has 24 heavy (non-hydrogen) atoms. The first-order chi connectivity index (χ1) is 11.2. The lowest BCUT2D eigenvalue weighted by atomic mass is 9.89. The minimum Gasteiger partial charge on any atom is -0.490 e. The van der Waals surface area contributed by atoms with Crippen LogP contribution in [0, 0.1) is 5.82 Å². The molecule has 0 fully saturated rings. The van der Waals surface area contributed by atoms with E-state index in [4.69, 9.17) is 9.47 Å². The van der Waals surface area contributed by atoms with E-state index in [1.807, 2.05) is 38.1 Å². The van der Waals surface area contributed by atoms with Gasteiger partial charge in [-0.3, -0.25) is 0 Å². The highest BCUT2D eigenvalue weighted by molar-refractivity contribution is 5.85. The molecule has 0 saturated carbocycles. The molecule has 0 bridgehead atoms. The molecular formula is C19H23ClFNO2. The molecule has 0 aliphatic carbocycles. The molecule has 1 aliphatic heterocycles. The van der Waals surface area contributed by atoms with Crippen molar-refractivity contribution < 1.29 is 13.9 Å². The molecule has 3 nitrogen and oxygen atoms in total. The van der Waals surface area contributed by atoms with E-state index < -0.39 is 0 Å². The highest BCUT2D eigenvalue weighted by Gasteiger charge is 2.25. The van der Waals surface area contributed by atoms with E-state index in [2.05, 4.69) is 5.32 Å². The van der Waals surface area contributed by atoms with Crippen LogP contribution in [0.4, 0.5) is 4.39 Å². The van der Waals surface area contributed by atoms with Gasteiger partial charge in [0.2, 0.25) is 0 Å². The number of fused-ring (bicyclic) bond motifs is 1. The quantitative estimate of drug-likeness (QED) is 0.872. The lowest BCUT2D eigenvalue weighted by Crippen LogP contribution is -2.31. The number of nitrogens with one attached hydrogen (secondary N) is 1. The standard InChI is InChI=1S/C19H22FNO2.ClH/c1-3-22-17-11-13-9-10-21-19(14-7-5-6-8-16(14)20)15(13)12-18(17)23-4-2;/h5-8,11-12,19,21H,3-4,9-10H2,1-2H3;1H. The fourth-order valence-electron chi connectivity index (χ4n) is 3.09. The van der Waals surface area contributed by atoms with Crippen molar-refractivity contribution in [3.05, 3.63) is 58.9 Å². The normalized spacial score (nSPS) is 16.0. The Hall–Kier alpha value is -1.78. The number of halogens is 2. The molecule has 2 aromatic rings. The van der Waals surface area contributed by atoms with E-state index in [1.165, 1.54) is 11.6 Å². The number of ether oxygens (including phenoxy) is 2. The Morgan fingerprint density at radius 1 is 1.04 bits per heavy atom. The molecule has 0 spiro atoms. The first-order valence-electron chi connectivity index (χ1n) is 8.14. The molecule has 2 aromatic carbocycles. The van der Waals surface area contributed by atoms with Crippen molar-refractivity contribution >= 4 is 12.4 Å². The summed E-state index contributed by atoms with van der Waals surface area (Å²) in [5.74, 6) is 1.30. The van der Waals surface area contributed by atoms with Crippen LogP contribution in [0.3, 0.4) is 0 Å². The van der Waals surface area contributed by atoms with Gasteiger partial charge in [-0.15, -0.1) is 12.4 Å². The second-order valence-electron chi connectivity index (χ2n) is 5.52. The summed E-state index contributed by atoms with van der Waals surface area (Å²) < 4.78 is 25.6. The van der Waals surface area contributed by atoms with Crippen LogP contribution in [0.15, 0.2) is 36.4 Å². The third kappa shape index (κ3) is 3.65. The van der Waals surface area contributed by atoms with Gasteiger partial charge >= 0.3 is 0 Å². The number of hydrogen-bond acceptors (Lipinski definition) is 3. The van der Waals surface area contributed by atoms with Crippen LogP contribution in [0.2, 0.25) is 0 Å². The maximum absolute atomic E-state index is 14.2. The minimum atomic E-state index is -0.190. The van der Waals surface area contributed by atoms with Gasteiger partial charge < -0.3 is 14.8 Å². The molecule has 1 atom stereocenters. The average Bonchev–Trinajstić information content (AvgIpc) is 2.56. The third-order valence-electron chi connectivity index (χ3n) is 4.08. The molecule has 5 heteroatoms. The van der Waals surface area contributed by atoms with E-state index in [0.717, 1.165) is 30.0 Å². The van der Waals surface area contributed by atoms with Crippen LogP contribution in [0.25, 0.3) is 0 Å². The van der Waals surface area contributed by atoms with Crippen molar-refractivity contribution in [2.45, 2.75) is 26.3 Å². The van der Waals surface area contributed by atoms with Gasteiger partial charge in [-0.25, -0.2) is 4.39 Å². The Balaban J connectivity index is 0.00000208. The highest BCUT2D eigenvalue weighted by atomic mass is 35.5. The van der Waals surface area contributed by atoms with Crippen molar-refractivity contribution in [2.75, 3.05) is 19.8 Å². The van der Waals surface area contributed by atoms with Gasteiger partial charge in [-0.1, -0.05) is 18.2 Å². The number of benzene rings is 2. The van der Waals surface area contributed by atoms with Gasteiger partial charge in [-0.05, 0) is 49.6 Å².